The molecule has 0 unspecified atom stereocenters. The van der Waals surface area contributed by atoms with Crippen molar-refractivity contribution in [1.82, 2.24) is 19.9 Å². The van der Waals surface area contributed by atoms with E-state index in [1.54, 1.807) is 18.2 Å². The molecule has 10 heteroatoms. The lowest BCUT2D eigenvalue weighted by Crippen LogP contribution is -2.31. The standard InChI is InChI=1S/C23H22N6O4/c1-14-9-10-16-17(12-14)21(32)29(20(16)31)11-5-8-19(30)33-13-18-26-22(24)28-23(27-18)25-15-6-3-2-4-7-15/h2-4,6-7,9-10,12H,5,8,11,13H2,1H3,(H3,24,25,26,27,28). The number of hydrogen-bond acceptors (Lipinski definition) is 9. The van der Waals surface area contributed by atoms with Crippen LogP contribution in [0.25, 0.3) is 0 Å². The van der Waals surface area contributed by atoms with Crippen molar-refractivity contribution in [2.75, 3.05) is 17.6 Å². The quantitative estimate of drug-likeness (QED) is 0.394. The number of carbonyl (C=O) groups excluding carboxylic acids is 3. The summed E-state index contributed by atoms with van der Waals surface area (Å²) in [6.45, 7) is 1.81. The van der Waals surface area contributed by atoms with Gasteiger partial charge in [0.25, 0.3) is 11.8 Å². The Hall–Kier alpha value is -4.34. The van der Waals surface area contributed by atoms with Gasteiger partial charge in [-0.1, -0.05) is 29.8 Å². The highest BCUT2D eigenvalue weighted by Gasteiger charge is 2.35. The predicted octanol–water partition coefficient (Wildman–Crippen LogP) is 2.63. The van der Waals surface area contributed by atoms with Crippen LogP contribution in [0.4, 0.5) is 17.6 Å². The summed E-state index contributed by atoms with van der Waals surface area (Å²) < 4.78 is 5.22. The van der Waals surface area contributed by atoms with E-state index in [4.69, 9.17) is 10.5 Å². The van der Waals surface area contributed by atoms with Crippen molar-refractivity contribution in [3.05, 3.63) is 71.0 Å². The van der Waals surface area contributed by atoms with Gasteiger partial charge in [0.15, 0.2) is 12.4 Å². The van der Waals surface area contributed by atoms with Gasteiger partial charge in [0, 0.05) is 18.7 Å². The number of fused-ring (bicyclic) bond motifs is 1. The van der Waals surface area contributed by atoms with E-state index < -0.39 is 5.97 Å². The smallest absolute Gasteiger partial charge is 0.306 e. The number of aromatic nitrogens is 3. The summed E-state index contributed by atoms with van der Waals surface area (Å²) >= 11 is 0. The van der Waals surface area contributed by atoms with E-state index in [0.29, 0.717) is 11.1 Å². The summed E-state index contributed by atoms with van der Waals surface area (Å²) in [5.74, 6) is -0.756. The van der Waals surface area contributed by atoms with Gasteiger partial charge in [0.1, 0.15) is 0 Å². The Balaban J connectivity index is 1.27. The molecule has 4 rings (SSSR count). The number of rotatable bonds is 8. The molecule has 2 aromatic carbocycles. The van der Waals surface area contributed by atoms with Crippen LogP contribution in [-0.4, -0.2) is 44.2 Å². The maximum absolute atomic E-state index is 12.5. The first-order valence-corrected chi connectivity index (χ1v) is 10.4. The van der Waals surface area contributed by atoms with Crippen molar-refractivity contribution in [3.63, 3.8) is 0 Å². The summed E-state index contributed by atoms with van der Waals surface area (Å²) in [5.41, 5.74) is 8.19. The highest BCUT2D eigenvalue weighted by Crippen LogP contribution is 2.24. The number of nitrogens with zero attached hydrogens (tertiary/aromatic N) is 4. The highest BCUT2D eigenvalue weighted by atomic mass is 16.5. The van der Waals surface area contributed by atoms with Crippen LogP contribution in [0.5, 0.6) is 0 Å². The first-order valence-electron chi connectivity index (χ1n) is 10.4. The normalized spacial score (nSPS) is 12.6. The number of nitrogens with one attached hydrogen (secondary N) is 1. The molecule has 0 bridgehead atoms. The number of para-hydroxylation sites is 1. The molecule has 3 N–H and O–H groups in total. The van der Waals surface area contributed by atoms with E-state index in [2.05, 4.69) is 20.3 Å². The molecule has 0 saturated heterocycles. The number of anilines is 3. The number of ether oxygens (including phenoxy) is 1. The minimum absolute atomic E-state index is 0.00431. The fraction of sp³-hybridized carbons (Fsp3) is 0.217. The molecule has 1 aromatic heterocycles. The zero-order chi connectivity index (χ0) is 23.4. The zero-order valence-corrected chi connectivity index (χ0v) is 17.9. The predicted molar refractivity (Wildman–Crippen MR) is 120 cm³/mol. The summed E-state index contributed by atoms with van der Waals surface area (Å²) in [7, 11) is 0. The third-order valence-corrected chi connectivity index (χ3v) is 4.98. The van der Waals surface area contributed by atoms with Crippen LogP contribution < -0.4 is 11.1 Å². The molecule has 2 heterocycles. The summed E-state index contributed by atoms with van der Waals surface area (Å²) in [4.78, 5) is 50.5. The lowest BCUT2D eigenvalue weighted by molar-refractivity contribution is -0.145. The Morgan fingerprint density at radius 1 is 1.03 bits per heavy atom. The molecule has 168 valence electrons. The van der Waals surface area contributed by atoms with Crippen LogP contribution in [0.3, 0.4) is 0 Å². The number of nitrogen functional groups attached to an aromatic ring is 1. The van der Waals surface area contributed by atoms with Gasteiger partial charge in [-0.3, -0.25) is 19.3 Å². The molecule has 2 amide bonds. The maximum atomic E-state index is 12.5. The largest absolute Gasteiger partial charge is 0.457 e. The van der Waals surface area contributed by atoms with E-state index in [1.807, 2.05) is 37.3 Å². The lowest BCUT2D eigenvalue weighted by atomic mass is 10.1. The number of hydrogen-bond donors (Lipinski definition) is 2. The summed E-state index contributed by atoms with van der Waals surface area (Å²) in [5, 5.41) is 3.01. The Bertz CT molecular complexity index is 1210. The van der Waals surface area contributed by atoms with Crippen molar-refractivity contribution >= 4 is 35.4 Å². The van der Waals surface area contributed by atoms with Gasteiger partial charge in [-0.05, 0) is 37.6 Å². The number of carbonyl (C=O) groups is 3. The van der Waals surface area contributed by atoms with Crippen LogP contribution in [-0.2, 0) is 16.1 Å². The van der Waals surface area contributed by atoms with Crippen LogP contribution >= 0.6 is 0 Å². The second kappa shape index (κ2) is 9.43. The minimum Gasteiger partial charge on any atom is -0.457 e. The van der Waals surface area contributed by atoms with E-state index >= 15 is 0 Å². The molecule has 1 aliphatic heterocycles. The Labute approximate surface area is 189 Å². The second-order valence-corrected chi connectivity index (χ2v) is 7.50. The number of aryl methyl sites for hydroxylation is 1. The number of esters is 1. The molecule has 3 aromatic rings. The molecule has 10 nitrogen and oxygen atoms in total. The lowest BCUT2D eigenvalue weighted by Gasteiger charge is -2.13. The van der Waals surface area contributed by atoms with Gasteiger partial charge < -0.3 is 15.8 Å². The van der Waals surface area contributed by atoms with Gasteiger partial charge in [0.2, 0.25) is 11.9 Å². The molecular formula is C23H22N6O4. The zero-order valence-electron chi connectivity index (χ0n) is 17.9. The summed E-state index contributed by atoms with van der Waals surface area (Å²) in [6.07, 6.45) is 0.311. The van der Waals surface area contributed by atoms with E-state index in [9.17, 15) is 14.4 Å². The van der Waals surface area contributed by atoms with Crippen LogP contribution in [0.15, 0.2) is 48.5 Å². The molecular weight excluding hydrogens is 424 g/mol. The van der Waals surface area contributed by atoms with Crippen molar-refractivity contribution in [1.29, 1.82) is 0 Å². The van der Waals surface area contributed by atoms with E-state index in [-0.39, 0.29) is 55.5 Å². The van der Waals surface area contributed by atoms with Crippen LogP contribution in [0, 0.1) is 6.92 Å². The average Bonchev–Trinajstić information content (AvgIpc) is 3.02. The van der Waals surface area contributed by atoms with Gasteiger partial charge in [-0.15, -0.1) is 0 Å². The van der Waals surface area contributed by atoms with Gasteiger partial charge in [-0.25, -0.2) is 0 Å². The van der Waals surface area contributed by atoms with E-state index in [1.165, 1.54) is 0 Å². The molecule has 0 saturated carbocycles. The average molecular weight is 446 g/mol. The third-order valence-electron chi connectivity index (χ3n) is 4.98. The topological polar surface area (TPSA) is 140 Å². The fourth-order valence-electron chi connectivity index (χ4n) is 3.42. The van der Waals surface area contributed by atoms with Gasteiger partial charge >= 0.3 is 5.97 Å². The van der Waals surface area contributed by atoms with Crippen LogP contribution in [0.2, 0.25) is 0 Å². The molecule has 33 heavy (non-hydrogen) atoms. The Kier molecular flexibility index (Phi) is 6.25. The number of nitrogens with two attached hydrogens (primary N) is 1. The van der Waals surface area contributed by atoms with Gasteiger partial charge in [-0.2, -0.15) is 15.0 Å². The number of imide groups is 1. The van der Waals surface area contributed by atoms with Crippen LogP contribution in [0.1, 0.15) is 44.9 Å². The first-order chi connectivity index (χ1) is 15.9. The molecule has 0 spiro atoms. The van der Waals surface area contributed by atoms with Gasteiger partial charge in [0.05, 0.1) is 11.1 Å². The summed E-state index contributed by atoms with van der Waals surface area (Å²) in [6, 6.07) is 14.4. The maximum Gasteiger partial charge on any atom is 0.306 e. The SMILES string of the molecule is Cc1ccc2c(c1)C(=O)N(CCCC(=O)OCc1nc(N)nc(Nc3ccccc3)n1)C2=O. The highest BCUT2D eigenvalue weighted by molar-refractivity contribution is 6.21. The van der Waals surface area contributed by atoms with Crippen molar-refractivity contribution in [2.24, 2.45) is 0 Å². The van der Waals surface area contributed by atoms with Crippen molar-refractivity contribution < 1.29 is 19.1 Å². The minimum atomic E-state index is -0.501. The van der Waals surface area contributed by atoms with Crippen molar-refractivity contribution in [2.45, 2.75) is 26.4 Å². The molecule has 0 atom stereocenters. The Morgan fingerprint density at radius 2 is 1.79 bits per heavy atom. The third kappa shape index (κ3) is 5.12. The monoisotopic (exact) mass is 446 g/mol. The fourth-order valence-corrected chi connectivity index (χ4v) is 3.42. The number of amides is 2. The number of benzene rings is 2. The van der Waals surface area contributed by atoms with E-state index in [0.717, 1.165) is 16.2 Å². The van der Waals surface area contributed by atoms with Crippen molar-refractivity contribution in [3.8, 4) is 0 Å². The Morgan fingerprint density at radius 3 is 2.58 bits per heavy atom. The molecule has 1 aliphatic rings. The molecule has 0 fully saturated rings. The first kappa shape index (κ1) is 21.9. The molecule has 0 aliphatic carbocycles. The molecule has 0 radical (unpaired) electrons. The second-order valence-electron chi connectivity index (χ2n) is 7.50.